The number of amides is 1. The highest BCUT2D eigenvalue weighted by molar-refractivity contribution is 5.90. The van der Waals surface area contributed by atoms with E-state index in [4.69, 9.17) is 9.84 Å². The van der Waals surface area contributed by atoms with Crippen LogP contribution in [0.1, 0.15) is 148 Å². The number of aryl methyl sites for hydroxylation is 4. The quantitative estimate of drug-likeness (QED) is 0.0228. The van der Waals surface area contributed by atoms with Crippen LogP contribution in [-0.4, -0.2) is 171 Å². The van der Waals surface area contributed by atoms with Crippen LogP contribution in [0.5, 0.6) is 0 Å². The Kier molecular flexibility index (Phi) is 28.8. The first-order valence-electron chi connectivity index (χ1n) is 41.2. The first-order valence-corrected chi connectivity index (χ1v) is 41.2. The van der Waals surface area contributed by atoms with E-state index in [1.54, 1.807) is 0 Å². The number of nitrogens with one attached hydrogen (secondary N) is 7. The molecular formula is C93H106N12O14. The fraction of sp³-hybridized carbons (Fsp3) is 0.344. The number of nitrogens with zero attached hydrogens (tertiary/aromatic N) is 5. The molecule has 1 aliphatic carbocycles. The summed E-state index contributed by atoms with van der Waals surface area (Å²) in [7, 11) is 0. The smallest absolute Gasteiger partial charge is 0.407 e. The number of carboxylic acid groups (broad SMARTS) is 4. The van der Waals surface area contributed by atoms with Crippen molar-refractivity contribution in [1.82, 2.24) is 40.8 Å². The predicted octanol–water partition coefficient (Wildman–Crippen LogP) is 12.9. The van der Waals surface area contributed by atoms with Gasteiger partial charge in [-0.05, 0) is 199 Å². The number of carbonyl (C=O) groups excluding carboxylic acids is 1. The molecule has 26 nitrogen and oxygen atoms in total. The van der Waals surface area contributed by atoms with Crippen molar-refractivity contribution in [3.63, 3.8) is 0 Å². The minimum absolute atomic E-state index is 0.0135. The van der Waals surface area contributed by atoms with Crippen LogP contribution in [0, 0.1) is 0 Å². The van der Waals surface area contributed by atoms with Crippen LogP contribution in [0.4, 0.5) is 27.5 Å². The van der Waals surface area contributed by atoms with Crippen LogP contribution in [0.15, 0.2) is 201 Å². The summed E-state index contributed by atoms with van der Waals surface area (Å²) in [5.41, 5.74) is 13.0. The topological polar surface area (TPSA) is 359 Å². The van der Waals surface area contributed by atoms with Gasteiger partial charge in [0.1, 0.15) is 28.9 Å². The van der Waals surface area contributed by atoms with Gasteiger partial charge in [-0.2, -0.15) is 0 Å². The highest BCUT2D eigenvalue weighted by Gasteiger charge is 2.32. The van der Waals surface area contributed by atoms with Crippen LogP contribution < -0.4 is 57.8 Å². The van der Waals surface area contributed by atoms with Gasteiger partial charge in [0.25, 0.3) is 22.2 Å². The van der Waals surface area contributed by atoms with Gasteiger partial charge in [0.2, 0.25) is 0 Å². The van der Waals surface area contributed by atoms with Crippen LogP contribution in [0.2, 0.25) is 0 Å². The number of benzene rings is 6. The molecule has 4 aliphatic heterocycles. The second-order valence-electron chi connectivity index (χ2n) is 30.6. The van der Waals surface area contributed by atoms with Crippen LogP contribution in [0.3, 0.4) is 0 Å². The van der Waals surface area contributed by atoms with E-state index in [2.05, 4.69) is 135 Å². The third-order valence-corrected chi connectivity index (χ3v) is 22.8. The second-order valence-corrected chi connectivity index (χ2v) is 30.6. The number of anilines is 4. The maximum Gasteiger partial charge on any atom is 0.407 e. The van der Waals surface area contributed by atoms with Crippen molar-refractivity contribution in [1.29, 1.82) is 0 Å². The molecule has 5 aliphatic rings. The summed E-state index contributed by atoms with van der Waals surface area (Å²) < 4.78 is 5.26. The number of aromatic carboxylic acids is 4. The lowest BCUT2D eigenvalue weighted by molar-refractivity contribution is 0.0684. The predicted molar refractivity (Wildman–Crippen MR) is 465 cm³/mol. The molecule has 0 bridgehead atoms. The lowest BCUT2D eigenvalue weighted by atomic mass is 10.0. The Morgan fingerprint density at radius 2 is 0.714 bits per heavy atom. The maximum absolute atomic E-state index is 12.1. The van der Waals surface area contributed by atoms with Crippen molar-refractivity contribution in [3.8, 4) is 45.0 Å². The molecule has 8 heterocycles. The fourth-order valence-corrected chi connectivity index (χ4v) is 15.9. The molecule has 4 aromatic heterocycles. The minimum Gasteiger partial charge on any atom is -0.477 e. The number of H-pyrrole nitrogens is 4. The first kappa shape index (κ1) is 85.7. The summed E-state index contributed by atoms with van der Waals surface area (Å²) in [6, 6.07) is 60.4. The SMILES string of the molecule is CCc1cc(C(=O)O)c(=O)[nH]c1-c1ccc(N2CC(NC(=O)OCc3ccccc3)C2)cc1.CCc1cc(C(=O)O)c(=O)[nH]c1-c1ccc(N2CCC(N(CC)CC)C2)cc1.CCc1cc(C(=O)O)c(=O)[nH]c1-c1ccc(N2CCC(NC3CC3)C2)cc1.CCc1cc(C(=O)O)c(=O)[nH]c1-c1ccc(N2CCC(NCc3ccccc3)C2)cc1. The van der Waals surface area contributed by atoms with E-state index in [1.165, 1.54) is 66.9 Å². The van der Waals surface area contributed by atoms with Gasteiger partial charge in [-0.25, -0.2) is 24.0 Å². The van der Waals surface area contributed by atoms with Crippen molar-refractivity contribution in [2.75, 3.05) is 85.0 Å². The number of hydrogen-bond donors (Lipinski definition) is 11. The lowest BCUT2D eigenvalue weighted by Gasteiger charge is -2.41. The molecule has 1 saturated carbocycles. The van der Waals surface area contributed by atoms with Crippen molar-refractivity contribution < 1.29 is 49.1 Å². The molecule has 11 N–H and O–H groups in total. The summed E-state index contributed by atoms with van der Waals surface area (Å²) in [5, 5.41) is 46.9. The Bertz CT molecular complexity index is 5430. The van der Waals surface area contributed by atoms with E-state index < -0.39 is 52.2 Å². The normalized spacial score (nSPS) is 16.2. The molecule has 6 aromatic carbocycles. The molecule has 4 saturated heterocycles. The molecule has 26 heteroatoms. The molecule has 0 radical (unpaired) electrons. The highest BCUT2D eigenvalue weighted by Crippen LogP contribution is 2.33. The third kappa shape index (κ3) is 21.8. The number of aromatic nitrogens is 4. The van der Waals surface area contributed by atoms with Gasteiger partial charge in [-0.3, -0.25) is 24.1 Å². The summed E-state index contributed by atoms with van der Waals surface area (Å²) in [6.07, 6.45) is 8.14. The Morgan fingerprint density at radius 3 is 1.07 bits per heavy atom. The standard InChI is InChI=1S/C25H25N3O5.C25H27N3O3.C22H29N3O3.C21H25N3O3/c1-2-17-12-21(24(30)31)23(29)27-22(17)18-8-10-20(11-9-18)28-13-19(14-28)26-25(32)33-15-16-6-4-3-5-7-16;1-2-18-14-22(25(30)31)24(29)27-23(18)19-8-10-21(11-9-19)28-13-12-20(16-28)26-15-17-6-4-3-5-7-17;1-4-15-13-19(22(27)28)21(26)23-20(15)16-7-9-17(10-8-16)25-12-11-18(14-25)24(5-2)6-3;1-2-13-11-18(21(26)27)20(25)23-19(13)14-3-7-17(8-4-14)24-10-9-16(12-24)22-15-5-6-15/h3-12,19H,2,13-15H2,1H3,(H,26,32)(H,27,29)(H,30,31);3-11,14,20,26H,2,12-13,15-16H2,1H3,(H,27,29)(H,30,31);7-10,13,18H,4-6,11-12,14H2,1-3H3,(H,23,26)(H,27,28);3-4,7-8,11,15-16,22H,2,5-6,9-10,12H2,1H3,(H,23,25)(H,26,27). The summed E-state index contributed by atoms with van der Waals surface area (Å²) in [5.74, 6) is -4.84. The van der Waals surface area contributed by atoms with Gasteiger partial charge < -0.3 is 80.6 Å². The van der Waals surface area contributed by atoms with E-state index in [0.717, 1.165) is 133 Å². The number of rotatable bonds is 27. The van der Waals surface area contributed by atoms with E-state index in [-0.39, 0.29) is 34.9 Å². The van der Waals surface area contributed by atoms with Gasteiger partial charge in [0.05, 0.1) is 28.8 Å². The van der Waals surface area contributed by atoms with Crippen molar-refractivity contribution in [3.05, 3.63) is 279 Å². The zero-order chi connectivity index (χ0) is 84.4. The average Bonchev–Trinajstić information content (AvgIpc) is 0.946. The molecule has 15 rings (SSSR count). The molecule has 1 amide bonds. The first-order chi connectivity index (χ1) is 57.5. The molecule has 119 heavy (non-hydrogen) atoms. The summed E-state index contributed by atoms with van der Waals surface area (Å²) >= 11 is 0. The summed E-state index contributed by atoms with van der Waals surface area (Å²) in [6.45, 7) is 22.9. The molecule has 5 fully saturated rings. The van der Waals surface area contributed by atoms with Gasteiger partial charge >= 0.3 is 30.0 Å². The van der Waals surface area contributed by atoms with Gasteiger partial charge in [0, 0.05) is 106 Å². The zero-order valence-corrected chi connectivity index (χ0v) is 68.2. The van der Waals surface area contributed by atoms with Crippen LogP contribution >= 0.6 is 0 Å². The van der Waals surface area contributed by atoms with Crippen LogP contribution in [-0.2, 0) is 43.6 Å². The van der Waals surface area contributed by atoms with E-state index in [9.17, 15) is 58.5 Å². The minimum atomic E-state index is -1.24. The number of likely N-dealkylation sites (N-methyl/N-ethyl adjacent to an activating group) is 1. The second kappa shape index (κ2) is 40.0. The zero-order valence-electron chi connectivity index (χ0n) is 68.2. The molecule has 10 aromatic rings. The molecule has 3 unspecified atom stereocenters. The van der Waals surface area contributed by atoms with Gasteiger partial charge in [0.15, 0.2) is 0 Å². The Balaban J connectivity index is 0.000000146. The molecule has 0 spiro atoms. The maximum atomic E-state index is 12.1. The molecular weight excluding hydrogens is 1510 g/mol. The van der Waals surface area contributed by atoms with E-state index >= 15 is 0 Å². The number of hydrogen-bond acceptors (Lipinski definition) is 17. The number of ether oxygens (including phenoxy) is 1. The Hall–Kier alpha value is -12.7. The Labute approximate surface area is 691 Å². The number of aromatic amines is 4. The number of carbonyl (C=O) groups is 5. The van der Waals surface area contributed by atoms with E-state index in [1.807, 2.05) is 125 Å². The Morgan fingerprint density at radius 1 is 0.387 bits per heavy atom. The number of pyridine rings is 4. The molecule has 3 atom stereocenters. The highest BCUT2D eigenvalue weighted by atomic mass is 16.5. The van der Waals surface area contributed by atoms with Gasteiger partial charge in [-0.1, -0.05) is 151 Å². The molecule has 622 valence electrons. The lowest BCUT2D eigenvalue weighted by Crippen LogP contribution is -2.59. The monoisotopic (exact) mass is 1610 g/mol. The fourth-order valence-electron chi connectivity index (χ4n) is 15.9. The van der Waals surface area contributed by atoms with Gasteiger partial charge in [-0.15, -0.1) is 0 Å². The van der Waals surface area contributed by atoms with Crippen LogP contribution in [0.25, 0.3) is 45.0 Å². The van der Waals surface area contributed by atoms with Crippen molar-refractivity contribution in [2.45, 2.75) is 143 Å². The number of alkyl carbamates (subject to hydrolysis) is 1. The number of carboxylic acids is 4. The largest absolute Gasteiger partial charge is 0.477 e. The third-order valence-electron chi connectivity index (χ3n) is 22.8. The van der Waals surface area contributed by atoms with Crippen molar-refractivity contribution >= 4 is 52.7 Å². The summed E-state index contributed by atoms with van der Waals surface area (Å²) in [4.78, 5) is 128. The van der Waals surface area contributed by atoms with Crippen molar-refractivity contribution in [2.24, 2.45) is 0 Å². The van der Waals surface area contributed by atoms with E-state index in [0.29, 0.717) is 79.7 Å². The average molecular weight is 1620 g/mol.